The number of hydrogen-bond donors (Lipinski definition) is 0. The topological polar surface area (TPSA) is 0 Å². The van der Waals surface area contributed by atoms with Crippen molar-refractivity contribution < 1.29 is 0 Å². The molecule has 13 heavy (non-hydrogen) atoms. The van der Waals surface area contributed by atoms with Crippen LogP contribution in [0.5, 0.6) is 0 Å². The predicted octanol–water partition coefficient (Wildman–Crippen LogP) is 4.40. The molecule has 0 unspecified atom stereocenters. The lowest BCUT2D eigenvalue weighted by atomic mass is 9.83. The first kappa shape index (κ1) is 10.3. The third-order valence-electron chi connectivity index (χ3n) is 2.10. The number of allylic oxidation sites excluding steroid dienone is 1. The van der Waals surface area contributed by atoms with Crippen LogP contribution in [-0.4, -0.2) is 0 Å². The Labute approximate surface area is 85.2 Å². The maximum atomic E-state index is 5.80. The van der Waals surface area contributed by atoms with Crippen molar-refractivity contribution >= 4 is 17.2 Å². The summed E-state index contributed by atoms with van der Waals surface area (Å²) in [5, 5.41) is 0.769. The summed E-state index contributed by atoms with van der Waals surface area (Å²) in [4.78, 5) is 0. The van der Waals surface area contributed by atoms with Gasteiger partial charge in [0.2, 0.25) is 0 Å². The van der Waals surface area contributed by atoms with Crippen LogP contribution in [0.15, 0.2) is 30.8 Å². The summed E-state index contributed by atoms with van der Waals surface area (Å²) in [5.41, 5.74) is 2.43. The number of benzene rings is 1. The second kappa shape index (κ2) is 3.55. The molecule has 0 saturated carbocycles. The monoisotopic (exact) mass is 194 g/mol. The molecule has 1 heteroatoms. The van der Waals surface area contributed by atoms with Gasteiger partial charge in [-0.15, -0.1) is 0 Å². The van der Waals surface area contributed by atoms with Crippen molar-refractivity contribution in [2.75, 3.05) is 0 Å². The fraction of sp³-hybridized carbons (Fsp3) is 0.333. The SMILES string of the molecule is C=C(c1ccc(Cl)cc1)C(C)(C)C. The van der Waals surface area contributed by atoms with Crippen LogP contribution in [0.4, 0.5) is 0 Å². The molecule has 0 bridgehead atoms. The molecular weight excluding hydrogens is 180 g/mol. The summed E-state index contributed by atoms with van der Waals surface area (Å²) in [5.74, 6) is 0. The van der Waals surface area contributed by atoms with E-state index in [0.29, 0.717) is 0 Å². The van der Waals surface area contributed by atoms with Crippen LogP contribution in [-0.2, 0) is 0 Å². The average molecular weight is 195 g/mol. The van der Waals surface area contributed by atoms with Gasteiger partial charge in [-0.3, -0.25) is 0 Å². The lowest BCUT2D eigenvalue weighted by Crippen LogP contribution is -2.06. The smallest absolute Gasteiger partial charge is 0.0406 e. The lowest BCUT2D eigenvalue weighted by Gasteiger charge is -2.21. The zero-order chi connectivity index (χ0) is 10.1. The predicted molar refractivity (Wildman–Crippen MR) is 59.9 cm³/mol. The van der Waals surface area contributed by atoms with Crippen molar-refractivity contribution in [1.29, 1.82) is 0 Å². The molecule has 0 radical (unpaired) electrons. The molecule has 1 aromatic carbocycles. The summed E-state index contributed by atoms with van der Waals surface area (Å²) in [7, 11) is 0. The second-order valence-electron chi connectivity index (χ2n) is 4.24. The third kappa shape index (κ3) is 2.60. The van der Waals surface area contributed by atoms with Crippen LogP contribution in [0.25, 0.3) is 5.57 Å². The van der Waals surface area contributed by atoms with Crippen LogP contribution in [0.2, 0.25) is 5.02 Å². The van der Waals surface area contributed by atoms with E-state index in [-0.39, 0.29) is 5.41 Å². The minimum absolute atomic E-state index is 0.119. The molecule has 0 aliphatic heterocycles. The normalized spacial score (nSPS) is 11.4. The van der Waals surface area contributed by atoms with Crippen molar-refractivity contribution in [3.63, 3.8) is 0 Å². The van der Waals surface area contributed by atoms with Gasteiger partial charge < -0.3 is 0 Å². The summed E-state index contributed by atoms with van der Waals surface area (Å²) in [6.45, 7) is 10.6. The summed E-state index contributed by atoms with van der Waals surface area (Å²) >= 11 is 5.80. The van der Waals surface area contributed by atoms with E-state index in [9.17, 15) is 0 Å². The Bertz CT molecular complexity index is 301. The van der Waals surface area contributed by atoms with Gasteiger partial charge in [0, 0.05) is 5.02 Å². The van der Waals surface area contributed by atoms with Crippen molar-refractivity contribution in [3.05, 3.63) is 41.4 Å². The number of halogens is 1. The maximum absolute atomic E-state index is 5.80. The first-order chi connectivity index (χ1) is 5.91. The standard InChI is InChI=1S/C12H15Cl/c1-9(12(2,3)4)10-5-7-11(13)8-6-10/h5-8H,1H2,2-4H3. The van der Waals surface area contributed by atoms with Crippen molar-refractivity contribution in [2.45, 2.75) is 20.8 Å². The molecule has 0 amide bonds. The Balaban J connectivity index is 2.97. The summed E-state index contributed by atoms with van der Waals surface area (Å²) < 4.78 is 0. The van der Waals surface area contributed by atoms with Gasteiger partial charge in [0.25, 0.3) is 0 Å². The van der Waals surface area contributed by atoms with Crippen LogP contribution in [0, 0.1) is 5.41 Å². The van der Waals surface area contributed by atoms with Crippen molar-refractivity contribution in [2.24, 2.45) is 5.41 Å². The van der Waals surface area contributed by atoms with Crippen molar-refractivity contribution in [3.8, 4) is 0 Å². The molecule has 0 fully saturated rings. The number of rotatable bonds is 1. The zero-order valence-corrected chi connectivity index (χ0v) is 9.15. The fourth-order valence-electron chi connectivity index (χ4n) is 1.08. The number of hydrogen-bond acceptors (Lipinski definition) is 0. The largest absolute Gasteiger partial charge is 0.0947 e. The fourth-order valence-corrected chi connectivity index (χ4v) is 1.21. The van der Waals surface area contributed by atoms with E-state index in [0.717, 1.165) is 16.2 Å². The van der Waals surface area contributed by atoms with E-state index in [1.54, 1.807) is 0 Å². The molecule has 0 N–H and O–H groups in total. The van der Waals surface area contributed by atoms with Gasteiger partial charge in [-0.1, -0.05) is 51.1 Å². The van der Waals surface area contributed by atoms with Crippen LogP contribution in [0.1, 0.15) is 26.3 Å². The van der Waals surface area contributed by atoms with Gasteiger partial charge in [0.15, 0.2) is 0 Å². The van der Waals surface area contributed by atoms with E-state index >= 15 is 0 Å². The molecule has 1 rings (SSSR count). The highest BCUT2D eigenvalue weighted by atomic mass is 35.5. The van der Waals surface area contributed by atoms with Gasteiger partial charge in [0.05, 0.1) is 0 Å². The Morgan fingerprint density at radius 1 is 1.15 bits per heavy atom. The van der Waals surface area contributed by atoms with Crippen molar-refractivity contribution in [1.82, 2.24) is 0 Å². The minimum Gasteiger partial charge on any atom is -0.0947 e. The average Bonchev–Trinajstić information content (AvgIpc) is 2.03. The van der Waals surface area contributed by atoms with Crippen LogP contribution < -0.4 is 0 Å². The molecule has 0 spiro atoms. The molecule has 70 valence electrons. The summed E-state index contributed by atoms with van der Waals surface area (Å²) in [6.07, 6.45) is 0. The Morgan fingerprint density at radius 3 is 2.00 bits per heavy atom. The van der Waals surface area contributed by atoms with Gasteiger partial charge in [-0.25, -0.2) is 0 Å². The van der Waals surface area contributed by atoms with E-state index in [4.69, 9.17) is 11.6 Å². The van der Waals surface area contributed by atoms with Gasteiger partial charge in [0.1, 0.15) is 0 Å². The van der Waals surface area contributed by atoms with E-state index in [2.05, 4.69) is 27.4 Å². The lowest BCUT2D eigenvalue weighted by molar-refractivity contribution is 0.568. The minimum atomic E-state index is 0.119. The van der Waals surface area contributed by atoms with E-state index in [1.165, 1.54) is 0 Å². The first-order valence-corrected chi connectivity index (χ1v) is 4.74. The molecule has 0 aliphatic rings. The van der Waals surface area contributed by atoms with Gasteiger partial charge in [-0.05, 0) is 28.7 Å². The molecule has 0 aromatic heterocycles. The molecule has 0 nitrogen and oxygen atoms in total. The van der Waals surface area contributed by atoms with Gasteiger partial charge >= 0.3 is 0 Å². The molecule has 0 heterocycles. The third-order valence-corrected chi connectivity index (χ3v) is 2.35. The van der Waals surface area contributed by atoms with Crippen LogP contribution in [0.3, 0.4) is 0 Å². The molecule has 0 saturated heterocycles. The van der Waals surface area contributed by atoms with E-state index < -0.39 is 0 Å². The Morgan fingerprint density at radius 2 is 1.62 bits per heavy atom. The van der Waals surface area contributed by atoms with E-state index in [1.807, 2.05) is 24.3 Å². The molecule has 0 atom stereocenters. The Hall–Kier alpha value is -0.750. The van der Waals surface area contributed by atoms with Gasteiger partial charge in [-0.2, -0.15) is 0 Å². The molecule has 0 aliphatic carbocycles. The first-order valence-electron chi connectivity index (χ1n) is 4.36. The molecule has 1 aromatic rings. The zero-order valence-electron chi connectivity index (χ0n) is 8.39. The Kier molecular flexibility index (Phi) is 2.82. The highest BCUT2D eigenvalue weighted by Gasteiger charge is 2.15. The highest BCUT2D eigenvalue weighted by Crippen LogP contribution is 2.32. The van der Waals surface area contributed by atoms with Crippen LogP contribution >= 0.6 is 11.6 Å². The maximum Gasteiger partial charge on any atom is 0.0406 e. The summed E-state index contributed by atoms with van der Waals surface area (Å²) in [6, 6.07) is 7.81. The second-order valence-corrected chi connectivity index (χ2v) is 4.67. The quantitative estimate of drug-likeness (QED) is 0.622. The highest BCUT2D eigenvalue weighted by molar-refractivity contribution is 6.30. The molecular formula is C12H15Cl.